The van der Waals surface area contributed by atoms with Crippen molar-refractivity contribution in [3.63, 3.8) is 0 Å². The Labute approximate surface area is 141 Å². The predicted molar refractivity (Wildman–Crippen MR) is 89.6 cm³/mol. The fourth-order valence-electron chi connectivity index (χ4n) is 3.75. The molecule has 23 heavy (non-hydrogen) atoms. The lowest BCUT2D eigenvalue weighted by atomic mass is 9.99. The topological polar surface area (TPSA) is 38.8 Å². The van der Waals surface area contributed by atoms with Crippen LogP contribution in [0, 0.1) is 5.92 Å². The minimum Gasteiger partial charge on any atom is -0.378 e. The third kappa shape index (κ3) is 3.78. The van der Waals surface area contributed by atoms with Gasteiger partial charge >= 0.3 is 0 Å². The van der Waals surface area contributed by atoms with E-state index in [4.69, 9.17) is 9.47 Å². The second kappa shape index (κ2) is 6.91. The maximum atomic E-state index is 12.6. The van der Waals surface area contributed by atoms with Crippen molar-refractivity contribution >= 4 is 17.2 Å². The first-order valence-electron chi connectivity index (χ1n) is 8.83. The van der Waals surface area contributed by atoms with Crippen LogP contribution in [0.15, 0.2) is 16.8 Å². The highest BCUT2D eigenvalue weighted by Crippen LogP contribution is 2.33. The van der Waals surface area contributed by atoms with Gasteiger partial charge in [-0.15, -0.1) is 0 Å². The zero-order chi connectivity index (χ0) is 15.6. The van der Waals surface area contributed by atoms with Gasteiger partial charge in [0.25, 0.3) is 0 Å². The van der Waals surface area contributed by atoms with Crippen LogP contribution < -0.4 is 0 Å². The van der Waals surface area contributed by atoms with Gasteiger partial charge in [-0.2, -0.15) is 11.3 Å². The number of thiophene rings is 1. The molecule has 0 aromatic carbocycles. The van der Waals surface area contributed by atoms with E-state index in [1.165, 1.54) is 12.8 Å². The number of ether oxygens (including phenoxy) is 2. The summed E-state index contributed by atoms with van der Waals surface area (Å²) in [5.41, 5.74) is 1.13. The monoisotopic (exact) mass is 335 g/mol. The second-order valence-electron chi connectivity index (χ2n) is 7.11. The highest BCUT2D eigenvalue weighted by Gasteiger charge is 2.41. The van der Waals surface area contributed by atoms with Gasteiger partial charge in [0.05, 0.1) is 31.3 Å². The summed E-state index contributed by atoms with van der Waals surface area (Å²) >= 11 is 1.65. The first-order chi connectivity index (χ1) is 11.3. The fraction of sp³-hybridized carbons (Fsp3) is 0.722. The molecule has 0 radical (unpaired) electrons. The molecule has 0 bridgehead atoms. The highest BCUT2D eigenvalue weighted by atomic mass is 32.1. The molecular weight excluding hydrogens is 310 g/mol. The largest absolute Gasteiger partial charge is 0.378 e. The standard InChI is InChI=1S/C18H25NO3S/c20-18(9-14-6-8-23-12-14)19-7-5-17-16(19)4-3-15(22-17)11-21-10-13-1-2-13/h6,8,12-13,15-17H,1-5,7,9-11H2/t15-,16+,17+/m1/s1. The van der Waals surface area contributed by atoms with Crippen molar-refractivity contribution in [3.8, 4) is 0 Å². The molecular formula is C18H25NO3S. The molecule has 3 heterocycles. The Balaban J connectivity index is 1.26. The van der Waals surface area contributed by atoms with E-state index in [0.717, 1.165) is 50.5 Å². The van der Waals surface area contributed by atoms with Crippen LogP contribution >= 0.6 is 11.3 Å². The van der Waals surface area contributed by atoms with Gasteiger partial charge in [0, 0.05) is 13.2 Å². The molecule has 1 saturated carbocycles. The molecule has 0 spiro atoms. The number of fused-ring (bicyclic) bond motifs is 1. The Hall–Kier alpha value is -0.910. The first-order valence-corrected chi connectivity index (χ1v) is 9.77. The van der Waals surface area contributed by atoms with Crippen LogP contribution in [0.25, 0.3) is 0 Å². The molecule has 4 nitrogen and oxygen atoms in total. The van der Waals surface area contributed by atoms with Gasteiger partial charge in [-0.3, -0.25) is 4.79 Å². The Bertz CT molecular complexity index is 528. The van der Waals surface area contributed by atoms with Crippen molar-refractivity contribution in [3.05, 3.63) is 22.4 Å². The van der Waals surface area contributed by atoms with Gasteiger partial charge < -0.3 is 14.4 Å². The zero-order valence-corrected chi connectivity index (χ0v) is 14.3. The van der Waals surface area contributed by atoms with E-state index in [2.05, 4.69) is 10.3 Å². The summed E-state index contributed by atoms with van der Waals surface area (Å²) in [6, 6.07) is 2.32. The lowest BCUT2D eigenvalue weighted by molar-refractivity contribution is -0.138. The number of rotatable bonds is 6. The van der Waals surface area contributed by atoms with E-state index in [1.807, 2.05) is 11.4 Å². The second-order valence-corrected chi connectivity index (χ2v) is 7.89. The summed E-state index contributed by atoms with van der Waals surface area (Å²) in [7, 11) is 0. The minimum atomic E-state index is 0.213. The van der Waals surface area contributed by atoms with E-state index in [0.29, 0.717) is 6.42 Å². The molecule has 1 aromatic heterocycles. The number of hydrogen-bond donors (Lipinski definition) is 0. The number of nitrogens with zero attached hydrogens (tertiary/aromatic N) is 1. The van der Waals surface area contributed by atoms with Crippen LogP contribution in [-0.2, 0) is 20.7 Å². The molecule has 2 saturated heterocycles. The Morgan fingerprint density at radius 2 is 2.17 bits per heavy atom. The Kier molecular flexibility index (Phi) is 4.69. The maximum Gasteiger partial charge on any atom is 0.227 e. The molecule has 1 aromatic rings. The average Bonchev–Trinajstić information content (AvgIpc) is 3.07. The average molecular weight is 335 g/mol. The Morgan fingerprint density at radius 3 is 2.96 bits per heavy atom. The summed E-state index contributed by atoms with van der Waals surface area (Å²) in [5.74, 6) is 1.06. The minimum absolute atomic E-state index is 0.213. The fourth-order valence-corrected chi connectivity index (χ4v) is 4.42. The summed E-state index contributed by atoms with van der Waals surface area (Å²) in [6.07, 6.45) is 6.66. The zero-order valence-electron chi connectivity index (χ0n) is 13.5. The molecule has 5 heteroatoms. The van der Waals surface area contributed by atoms with Crippen molar-refractivity contribution in [1.29, 1.82) is 0 Å². The molecule has 3 atom stereocenters. The van der Waals surface area contributed by atoms with Gasteiger partial charge in [-0.25, -0.2) is 0 Å². The molecule has 4 rings (SSSR count). The third-order valence-electron chi connectivity index (χ3n) is 5.25. The molecule has 1 aliphatic carbocycles. The normalized spacial score (nSPS) is 30.4. The maximum absolute atomic E-state index is 12.6. The molecule has 3 fully saturated rings. The van der Waals surface area contributed by atoms with E-state index in [9.17, 15) is 4.79 Å². The van der Waals surface area contributed by atoms with E-state index < -0.39 is 0 Å². The van der Waals surface area contributed by atoms with Gasteiger partial charge in [0.2, 0.25) is 5.91 Å². The van der Waals surface area contributed by atoms with Gasteiger partial charge in [0.15, 0.2) is 0 Å². The number of carbonyl (C=O) groups excluding carboxylic acids is 1. The van der Waals surface area contributed by atoms with Crippen molar-refractivity contribution in [2.24, 2.45) is 5.92 Å². The Morgan fingerprint density at radius 1 is 1.26 bits per heavy atom. The molecule has 1 amide bonds. The van der Waals surface area contributed by atoms with Crippen LogP contribution in [0.4, 0.5) is 0 Å². The van der Waals surface area contributed by atoms with Crippen molar-refractivity contribution in [2.45, 2.75) is 56.8 Å². The summed E-state index contributed by atoms with van der Waals surface area (Å²) in [4.78, 5) is 14.6. The lowest BCUT2D eigenvalue weighted by Gasteiger charge is -2.36. The lowest BCUT2D eigenvalue weighted by Crippen LogP contribution is -2.46. The first kappa shape index (κ1) is 15.6. The van der Waals surface area contributed by atoms with Gasteiger partial charge in [0.1, 0.15) is 0 Å². The highest BCUT2D eigenvalue weighted by molar-refractivity contribution is 7.07. The number of carbonyl (C=O) groups is 1. The van der Waals surface area contributed by atoms with Gasteiger partial charge in [-0.1, -0.05) is 0 Å². The molecule has 0 N–H and O–H groups in total. The molecule has 126 valence electrons. The summed E-state index contributed by atoms with van der Waals surface area (Å²) < 4.78 is 12.0. The van der Waals surface area contributed by atoms with E-state index >= 15 is 0 Å². The van der Waals surface area contributed by atoms with Crippen molar-refractivity contribution in [1.82, 2.24) is 4.90 Å². The number of amides is 1. The van der Waals surface area contributed by atoms with Crippen LogP contribution in [0.2, 0.25) is 0 Å². The van der Waals surface area contributed by atoms with Crippen LogP contribution in [0.5, 0.6) is 0 Å². The summed E-state index contributed by atoms with van der Waals surface area (Å²) in [5, 5.41) is 4.10. The molecule has 2 aliphatic heterocycles. The molecule has 3 aliphatic rings. The summed E-state index contributed by atoms with van der Waals surface area (Å²) in [6.45, 7) is 2.47. The smallest absolute Gasteiger partial charge is 0.227 e. The predicted octanol–water partition coefficient (Wildman–Crippen LogP) is 2.87. The SMILES string of the molecule is O=C(Cc1ccsc1)N1CC[C@@H]2O[C@@H](COCC3CC3)CC[C@@H]21. The number of hydrogen-bond acceptors (Lipinski definition) is 4. The van der Waals surface area contributed by atoms with Crippen LogP contribution in [0.3, 0.4) is 0 Å². The quantitative estimate of drug-likeness (QED) is 0.802. The van der Waals surface area contributed by atoms with E-state index in [1.54, 1.807) is 11.3 Å². The number of likely N-dealkylation sites (tertiary alicyclic amines) is 1. The van der Waals surface area contributed by atoms with Crippen LogP contribution in [-0.4, -0.2) is 48.8 Å². The van der Waals surface area contributed by atoms with Crippen LogP contribution in [0.1, 0.15) is 37.7 Å². The third-order valence-corrected chi connectivity index (χ3v) is 5.98. The van der Waals surface area contributed by atoms with Crippen molar-refractivity contribution < 1.29 is 14.3 Å². The van der Waals surface area contributed by atoms with Gasteiger partial charge in [-0.05, 0) is 60.4 Å². The molecule has 0 unspecified atom stereocenters. The van der Waals surface area contributed by atoms with E-state index in [-0.39, 0.29) is 24.2 Å². The van der Waals surface area contributed by atoms with Crippen molar-refractivity contribution in [2.75, 3.05) is 19.8 Å².